The van der Waals surface area contributed by atoms with E-state index in [2.05, 4.69) is 24.5 Å². The van der Waals surface area contributed by atoms with Crippen LogP contribution in [0.15, 0.2) is 0 Å². The van der Waals surface area contributed by atoms with E-state index >= 15 is 0 Å². The maximum Gasteiger partial charge on any atom is 0.393 e. The number of hydrogen-bond acceptors (Lipinski definition) is 8. The topological polar surface area (TPSA) is 120 Å². The number of carbonyl (C=O) groups is 1. The van der Waals surface area contributed by atoms with E-state index in [1.807, 2.05) is 0 Å². The predicted molar refractivity (Wildman–Crippen MR) is 125 cm³/mol. The Labute approximate surface area is 208 Å². The Balaban J connectivity index is 1.77. The summed E-state index contributed by atoms with van der Waals surface area (Å²) in [5, 5.41) is 36.4. The van der Waals surface area contributed by atoms with Gasteiger partial charge >= 0.3 is 6.18 Å². The lowest BCUT2D eigenvalue weighted by Gasteiger charge is -2.45. The molecule has 3 rings (SSSR count). The fraction of sp³-hybridized carbons (Fsp3) is 0.957. The van der Waals surface area contributed by atoms with Crippen LogP contribution in [0.3, 0.4) is 0 Å². The second-order valence-corrected chi connectivity index (χ2v) is 11.5. The Hall–Kier alpha value is -0.630. The van der Waals surface area contributed by atoms with Crippen LogP contribution in [0.25, 0.3) is 0 Å². The van der Waals surface area contributed by atoms with Crippen molar-refractivity contribution in [2.75, 3.05) is 19.4 Å². The molecule has 0 aromatic rings. The van der Waals surface area contributed by atoms with Gasteiger partial charge < -0.3 is 35.4 Å². The van der Waals surface area contributed by atoms with Crippen LogP contribution in [0.2, 0.25) is 0 Å². The average molecular weight is 529 g/mol. The van der Waals surface area contributed by atoms with Crippen LogP contribution in [0.4, 0.5) is 13.2 Å². The van der Waals surface area contributed by atoms with Crippen LogP contribution in [0.5, 0.6) is 0 Å². The number of nitrogens with one attached hydrogen (secondary N) is 2. The number of alkyl halides is 3. The molecule has 0 aliphatic carbocycles. The quantitative estimate of drug-likeness (QED) is 0.335. The largest absolute Gasteiger partial charge is 0.393 e. The number of hydrogen-bond donors (Lipinski definition) is 5. The number of ether oxygens (including phenoxy) is 2. The fourth-order valence-corrected chi connectivity index (χ4v) is 6.27. The third-order valence-electron chi connectivity index (χ3n) is 7.51. The van der Waals surface area contributed by atoms with Gasteiger partial charge in [0.15, 0.2) is 0 Å². The molecule has 8 nitrogen and oxygen atoms in total. The Bertz CT molecular complexity index is 715. The van der Waals surface area contributed by atoms with E-state index in [-0.39, 0.29) is 5.92 Å². The number of rotatable bonds is 7. The molecule has 0 saturated carbocycles. The molecule has 3 aliphatic heterocycles. The van der Waals surface area contributed by atoms with E-state index in [4.69, 9.17) is 9.47 Å². The van der Waals surface area contributed by atoms with Gasteiger partial charge in [-0.2, -0.15) is 13.2 Å². The highest BCUT2D eigenvalue weighted by molar-refractivity contribution is 7.99. The first kappa shape index (κ1) is 28.9. The lowest BCUT2D eigenvalue weighted by atomic mass is 9.85. The van der Waals surface area contributed by atoms with Crippen LogP contribution in [0.1, 0.15) is 40.0 Å². The molecule has 204 valence electrons. The molecule has 3 heterocycles. The summed E-state index contributed by atoms with van der Waals surface area (Å²) in [7, 11) is 0. The monoisotopic (exact) mass is 528 g/mol. The van der Waals surface area contributed by atoms with Gasteiger partial charge in [-0.15, -0.1) is 11.8 Å². The van der Waals surface area contributed by atoms with Gasteiger partial charge in [0, 0.05) is 13.2 Å². The maximum atomic E-state index is 13.8. The Morgan fingerprint density at radius 3 is 2.46 bits per heavy atom. The molecule has 3 fully saturated rings. The average Bonchev–Trinajstić information content (AvgIpc) is 3.06. The van der Waals surface area contributed by atoms with Crippen molar-refractivity contribution in [3.05, 3.63) is 0 Å². The minimum absolute atomic E-state index is 0.0739. The second-order valence-electron chi connectivity index (χ2n) is 10.5. The molecule has 0 radical (unpaired) electrons. The third kappa shape index (κ3) is 6.63. The Kier molecular flexibility index (Phi) is 9.78. The number of aliphatic hydroxyl groups is 3. The molecular formula is C23H39F3N2O6S. The van der Waals surface area contributed by atoms with Crippen LogP contribution < -0.4 is 10.6 Å². The van der Waals surface area contributed by atoms with E-state index in [0.29, 0.717) is 25.0 Å². The molecule has 1 amide bonds. The summed E-state index contributed by atoms with van der Waals surface area (Å²) in [6.45, 7) is 6.23. The van der Waals surface area contributed by atoms with Crippen LogP contribution >= 0.6 is 11.8 Å². The predicted octanol–water partition coefficient (Wildman–Crippen LogP) is 1.27. The lowest BCUT2D eigenvalue weighted by molar-refractivity contribution is -0.231. The SMILES string of the molecule is CS[C@H]1O[C@H]([C@H](NC(=O)[C@H]2NC[C@@H]3C[C@H](CC(C)C)CCO[C@H]32)C(C)C(F)(F)F)[C@H](O)[C@H](O)[C@H]1O. The number of amides is 1. The van der Waals surface area contributed by atoms with E-state index in [1.165, 1.54) is 0 Å². The zero-order valence-corrected chi connectivity index (χ0v) is 21.4. The van der Waals surface area contributed by atoms with Crippen molar-refractivity contribution >= 4 is 17.7 Å². The highest BCUT2D eigenvalue weighted by Gasteiger charge is 2.54. The molecule has 0 aromatic carbocycles. The zero-order chi connectivity index (χ0) is 26.1. The number of thioether (sulfide) groups is 1. The summed E-state index contributed by atoms with van der Waals surface area (Å²) in [6, 6.07) is -2.53. The van der Waals surface area contributed by atoms with Crippen LogP contribution in [0, 0.1) is 23.7 Å². The number of halogens is 3. The van der Waals surface area contributed by atoms with Crippen molar-refractivity contribution in [2.45, 2.75) is 94.2 Å². The molecule has 3 saturated heterocycles. The fourth-order valence-electron chi connectivity index (χ4n) is 5.59. The van der Waals surface area contributed by atoms with Gasteiger partial charge in [-0.1, -0.05) is 20.8 Å². The van der Waals surface area contributed by atoms with Crippen LogP contribution in [-0.2, 0) is 14.3 Å². The van der Waals surface area contributed by atoms with Gasteiger partial charge in [0.2, 0.25) is 5.91 Å². The highest BCUT2D eigenvalue weighted by Crippen LogP contribution is 2.37. The van der Waals surface area contributed by atoms with Crippen molar-refractivity contribution in [3.63, 3.8) is 0 Å². The normalized spacial score (nSPS) is 40.1. The number of carbonyl (C=O) groups excluding carboxylic acids is 1. The molecule has 0 spiro atoms. The summed E-state index contributed by atoms with van der Waals surface area (Å²) in [5.41, 5.74) is -1.06. The molecule has 0 aromatic heterocycles. The van der Waals surface area contributed by atoms with Crippen molar-refractivity contribution in [1.29, 1.82) is 0 Å². The van der Waals surface area contributed by atoms with E-state index < -0.39 is 66.0 Å². The van der Waals surface area contributed by atoms with E-state index in [9.17, 15) is 33.3 Å². The second kappa shape index (κ2) is 11.8. The molecule has 11 atom stereocenters. The van der Waals surface area contributed by atoms with Gasteiger partial charge in [0.1, 0.15) is 35.9 Å². The summed E-state index contributed by atoms with van der Waals surface area (Å²) >= 11 is 0.996. The van der Waals surface area contributed by atoms with Crippen molar-refractivity contribution < 1.29 is 42.8 Å². The van der Waals surface area contributed by atoms with E-state index in [1.54, 1.807) is 6.26 Å². The van der Waals surface area contributed by atoms with Crippen molar-refractivity contribution in [2.24, 2.45) is 23.7 Å². The van der Waals surface area contributed by atoms with E-state index in [0.717, 1.165) is 37.9 Å². The first-order valence-corrected chi connectivity index (χ1v) is 13.6. The smallest absolute Gasteiger partial charge is 0.388 e. The Morgan fingerprint density at radius 2 is 1.86 bits per heavy atom. The third-order valence-corrected chi connectivity index (χ3v) is 8.36. The highest BCUT2D eigenvalue weighted by atomic mass is 32.2. The minimum Gasteiger partial charge on any atom is -0.388 e. The Morgan fingerprint density at radius 1 is 1.17 bits per heavy atom. The first-order chi connectivity index (χ1) is 16.3. The van der Waals surface area contributed by atoms with Gasteiger partial charge in [-0.25, -0.2) is 0 Å². The summed E-state index contributed by atoms with van der Waals surface area (Å²) in [5.74, 6) is -1.68. The standard InChI is InChI=1S/C23H39F3N2O6S/c1-10(2)7-12-5-6-33-19-13(8-12)9-27-15(19)21(32)28-14(11(3)23(24,25)26)20-17(30)16(29)18(31)22(34-20)35-4/h10-20,22,27,29-31H,5-9H2,1-4H3,(H,28,32)/t11?,12-,13-,14+,15-,16-,17+,18+,19+,20+,22+/m0/s1. The molecular weight excluding hydrogens is 489 g/mol. The molecule has 1 unspecified atom stereocenters. The van der Waals surface area contributed by atoms with Crippen LogP contribution in [-0.4, -0.2) is 94.8 Å². The van der Waals surface area contributed by atoms with Gasteiger partial charge in [-0.3, -0.25) is 4.79 Å². The number of aliphatic hydroxyl groups excluding tert-OH is 3. The van der Waals surface area contributed by atoms with Gasteiger partial charge in [0.05, 0.1) is 18.1 Å². The van der Waals surface area contributed by atoms with Crippen molar-refractivity contribution in [3.8, 4) is 0 Å². The van der Waals surface area contributed by atoms with Crippen molar-refractivity contribution in [1.82, 2.24) is 10.6 Å². The summed E-state index contributed by atoms with van der Waals surface area (Å²) < 4.78 is 53.0. The molecule has 0 bridgehead atoms. The molecule has 12 heteroatoms. The minimum atomic E-state index is -4.70. The molecule has 5 N–H and O–H groups in total. The first-order valence-electron chi connectivity index (χ1n) is 12.3. The summed E-state index contributed by atoms with van der Waals surface area (Å²) in [4.78, 5) is 13.3. The zero-order valence-electron chi connectivity index (χ0n) is 20.6. The summed E-state index contributed by atoms with van der Waals surface area (Å²) in [6.07, 6.45) is -7.38. The molecule has 3 aliphatic rings. The number of fused-ring (bicyclic) bond motifs is 1. The van der Waals surface area contributed by atoms with Gasteiger partial charge in [0.25, 0.3) is 0 Å². The maximum absolute atomic E-state index is 13.8. The van der Waals surface area contributed by atoms with Gasteiger partial charge in [-0.05, 0) is 43.3 Å². The molecule has 35 heavy (non-hydrogen) atoms. The lowest BCUT2D eigenvalue weighted by Crippen LogP contribution is -2.66.